The van der Waals surface area contributed by atoms with Crippen LogP contribution >= 0.6 is 23.2 Å². The normalized spacial score (nSPS) is 15.3. The van der Waals surface area contributed by atoms with Crippen molar-refractivity contribution in [3.63, 3.8) is 0 Å². The first-order valence-electron chi connectivity index (χ1n) is 8.09. The molecule has 1 aromatic heterocycles. The molecule has 7 nitrogen and oxygen atoms in total. The van der Waals surface area contributed by atoms with E-state index < -0.39 is 6.04 Å². The van der Waals surface area contributed by atoms with Crippen molar-refractivity contribution in [1.29, 1.82) is 0 Å². The number of anilines is 2. The Balaban J connectivity index is 1.51. The van der Waals surface area contributed by atoms with Crippen LogP contribution in [-0.4, -0.2) is 26.6 Å². The van der Waals surface area contributed by atoms with Crippen LogP contribution in [0.4, 0.5) is 11.6 Å². The second-order valence-electron chi connectivity index (χ2n) is 5.96. The van der Waals surface area contributed by atoms with Gasteiger partial charge in [0.1, 0.15) is 6.04 Å². The lowest BCUT2D eigenvalue weighted by Crippen LogP contribution is -2.23. The monoisotopic (exact) mass is 401 g/mol. The van der Waals surface area contributed by atoms with Crippen LogP contribution in [0.25, 0.3) is 11.4 Å². The maximum absolute atomic E-state index is 12.4. The second-order valence-corrected chi connectivity index (χ2v) is 6.77. The number of fused-ring (bicyclic) bond motifs is 1. The summed E-state index contributed by atoms with van der Waals surface area (Å²) in [5.41, 5.74) is 1.32. The van der Waals surface area contributed by atoms with E-state index >= 15 is 0 Å². The molecule has 0 radical (unpaired) electrons. The number of benzene rings is 2. The Kier molecular flexibility index (Phi) is 4.55. The highest BCUT2D eigenvalue weighted by Gasteiger charge is 2.35. The lowest BCUT2D eigenvalue weighted by Gasteiger charge is -2.10. The molecule has 0 unspecified atom stereocenters. The lowest BCUT2D eigenvalue weighted by atomic mass is 10.2. The van der Waals surface area contributed by atoms with Gasteiger partial charge >= 0.3 is 0 Å². The van der Waals surface area contributed by atoms with E-state index in [0.717, 1.165) is 5.56 Å². The molecule has 9 heteroatoms. The Bertz CT molecular complexity index is 1040. The molecule has 0 aliphatic carbocycles. The van der Waals surface area contributed by atoms with Gasteiger partial charge in [-0.1, -0.05) is 53.5 Å². The number of aromatic nitrogens is 3. The molecule has 136 valence electrons. The number of carbonyl (C=O) groups is 2. The van der Waals surface area contributed by atoms with Crippen molar-refractivity contribution in [3.05, 3.63) is 58.6 Å². The zero-order valence-corrected chi connectivity index (χ0v) is 15.3. The van der Waals surface area contributed by atoms with Gasteiger partial charge in [0.15, 0.2) is 5.82 Å². The average Bonchev–Trinajstić information content (AvgIpc) is 3.18. The van der Waals surface area contributed by atoms with E-state index in [4.69, 9.17) is 23.2 Å². The van der Waals surface area contributed by atoms with E-state index in [1.807, 2.05) is 30.3 Å². The van der Waals surface area contributed by atoms with Crippen LogP contribution in [0.2, 0.25) is 10.0 Å². The van der Waals surface area contributed by atoms with Gasteiger partial charge in [0.2, 0.25) is 11.9 Å². The van der Waals surface area contributed by atoms with Gasteiger partial charge in [-0.05, 0) is 18.2 Å². The first-order valence-corrected chi connectivity index (χ1v) is 8.84. The van der Waals surface area contributed by atoms with Crippen molar-refractivity contribution in [2.24, 2.45) is 0 Å². The molecule has 2 amide bonds. The quantitative estimate of drug-likeness (QED) is 0.695. The van der Waals surface area contributed by atoms with E-state index in [-0.39, 0.29) is 18.2 Å². The fourth-order valence-electron chi connectivity index (χ4n) is 2.78. The Morgan fingerprint density at radius 2 is 1.93 bits per heavy atom. The minimum absolute atomic E-state index is 0.0866. The van der Waals surface area contributed by atoms with Gasteiger partial charge in [0, 0.05) is 11.3 Å². The second kappa shape index (κ2) is 7.02. The van der Waals surface area contributed by atoms with Gasteiger partial charge < -0.3 is 5.32 Å². The van der Waals surface area contributed by atoms with Gasteiger partial charge in [0.05, 0.1) is 16.5 Å². The first kappa shape index (κ1) is 17.5. The van der Waals surface area contributed by atoms with E-state index in [2.05, 4.69) is 20.7 Å². The molecule has 2 N–H and O–H groups in total. The number of halogens is 2. The molecule has 1 aliphatic rings. The topological polar surface area (TPSA) is 88.9 Å². The average molecular weight is 402 g/mol. The number of nitrogens with zero attached hydrogens (tertiary/aromatic N) is 3. The fourth-order valence-corrected chi connectivity index (χ4v) is 3.08. The number of nitrogens with one attached hydrogen (secondary N) is 2. The smallest absolute Gasteiger partial charge is 0.252 e. The number of rotatable bonds is 4. The Hall–Kier alpha value is -2.90. The molecular formula is C18H13Cl2N5O2. The highest BCUT2D eigenvalue weighted by Crippen LogP contribution is 2.29. The van der Waals surface area contributed by atoms with E-state index in [1.165, 1.54) is 4.68 Å². The van der Waals surface area contributed by atoms with Crippen molar-refractivity contribution in [3.8, 4) is 11.4 Å². The molecule has 0 saturated carbocycles. The van der Waals surface area contributed by atoms with Crippen LogP contribution in [0.1, 0.15) is 12.5 Å². The minimum Gasteiger partial charge on any atom is -0.326 e. The summed E-state index contributed by atoms with van der Waals surface area (Å²) < 4.78 is 1.44. The SMILES string of the molecule is O=C(C[C@@H]1C(=O)Nc2nc(-c3ccccc3)nn21)Nc1ccc(Cl)c(Cl)c1. The number of hydrogen-bond donors (Lipinski definition) is 2. The largest absolute Gasteiger partial charge is 0.326 e. The molecule has 1 atom stereocenters. The molecule has 0 fully saturated rings. The molecule has 0 spiro atoms. The summed E-state index contributed by atoms with van der Waals surface area (Å²) in [5, 5.41) is 10.5. The summed E-state index contributed by atoms with van der Waals surface area (Å²) in [7, 11) is 0. The Morgan fingerprint density at radius 1 is 1.15 bits per heavy atom. The maximum Gasteiger partial charge on any atom is 0.252 e. The highest BCUT2D eigenvalue weighted by molar-refractivity contribution is 6.42. The Morgan fingerprint density at radius 3 is 2.67 bits per heavy atom. The van der Waals surface area contributed by atoms with Crippen LogP contribution in [0.5, 0.6) is 0 Å². The first-order chi connectivity index (χ1) is 13.0. The van der Waals surface area contributed by atoms with E-state index in [9.17, 15) is 9.59 Å². The zero-order valence-electron chi connectivity index (χ0n) is 13.8. The fraction of sp³-hybridized carbons (Fsp3) is 0.111. The predicted molar refractivity (Wildman–Crippen MR) is 103 cm³/mol. The minimum atomic E-state index is -0.771. The summed E-state index contributed by atoms with van der Waals surface area (Å²) in [5.74, 6) is 0.138. The third-order valence-corrected chi connectivity index (χ3v) is 4.82. The zero-order chi connectivity index (χ0) is 19.0. The van der Waals surface area contributed by atoms with Crippen molar-refractivity contribution < 1.29 is 9.59 Å². The van der Waals surface area contributed by atoms with Crippen LogP contribution in [-0.2, 0) is 9.59 Å². The summed E-state index contributed by atoms with van der Waals surface area (Å²) in [6.07, 6.45) is -0.0866. The lowest BCUT2D eigenvalue weighted by molar-refractivity contribution is -0.123. The van der Waals surface area contributed by atoms with Crippen molar-refractivity contribution >= 4 is 46.7 Å². The van der Waals surface area contributed by atoms with Crippen molar-refractivity contribution in [1.82, 2.24) is 14.8 Å². The number of hydrogen-bond acceptors (Lipinski definition) is 4. The number of amides is 2. The van der Waals surface area contributed by atoms with Crippen LogP contribution in [0.15, 0.2) is 48.5 Å². The molecule has 4 rings (SSSR count). The van der Waals surface area contributed by atoms with Crippen LogP contribution in [0.3, 0.4) is 0 Å². The summed E-state index contributed by atoms with van der Waals surface area (Å²) in [6.45, 7) is 0. The molecule has 27 heavy (non-hydrogen) atoms. The predicted octanol–water partition coefficient (Wildman–Crippen LogP) is 3.77. The third-order valence-electron chi connectivity index (χ3n) is 4.08. The maximum atomic E-state index is 12.4. The number of carbonyl (C=O) groups excluding carboxylic acids is 2. The van der Waals surface area contributed by atoms with Gasteiger partial charge in [-0.25, -0.2) is 4.68 Å². The van der Waals surface area contributed by atoms with Crippen LogP contribution in [0, 0.1) is 0 Å². The molecule has 2 heterocycles. The molecule has 0 saturated heterocycles. The van der Waals surface area contributed by atoms with Crippen LogP contribution < -0.4 is 10.6 Å². The summed E-state index contributed by atoms with van der Waals surface area (Å²) >= 11 is 11.8. The van der Waals surface area contributed by atoms with E-state index in [0.29, 0.717) is 27.5 Å². The Labute approximate surface area is 164 Å². The molecule has 0 bridgehead atoms. The third kappa shape index (κ3) is 3.51. The molecular weight excluding hydrogens is 389 g/mol. The molecule has 1 aliphatic heterocycles. The van der Waals surface area contributed by atoms with Gasteiger partial charge in [-0.3, -0.25) is 14.9 Å². The van der Waals surface area contributed by atoms with Crippen molar-refractivity contribution in [2.45, 2.75) is 12.5 Å². The van der Waals surface area contributed by atoms with Gasteiger partial charge in [-0.2, -0.15) is 4.98 Å². The van der Waals surface area contributed by atoms with Gasteiger partial charge in [-0.15, -0.1) is 5.10 Å². The van der Waals surface area contributed by atoms with E-state index in [1.54, 1.807) is 18.2 Å². The molecule has 3 aromatic rings. The highest BCUT2D eigenvalue weighted by atomic mass is 35.5. The standard InChI is InChI=1S/C18H13Cl2N5O2/c19-12-7-6-11(8-13(12)20)21-15(26)9-14-17(27)23-18-22-16(24-25(14)18)10-4-2-1-3-5-10/h1-8,14H,9H2,(H,21,26)(H,22,23,24,27)/t14-/m1/s1. The van der Waals surface area contributed by atoms with Gasteiger partial charge in [0.25, 0.3) is 5.91 Å². The summed E-state index contributed by atoms with van der Waals surface area (Å²) in [6, 6.07) is 13.4. The molecule has 2 aromatic carbocycles. The summed E-state index contributed by atoms with van der Waals surface area (Å²) in [4.78, 5) is 28.9. The van der Waals surface area contributed by atoms with Crippen molar-refractivity contribution in [2.75, 3.05) is 10.6 Å².